The molecule has 0 bridgehead atoms. The van der Waals surface area contributed by atoms with Gasteiger partial charge in [0.05, 0.1) is 29.5 Å². The molecule has 0 radical (unpaired) electrons. The SMILES string of the molecule is O=C(Nc1ccccc1NC1CCCCC1)c1ccc(S(=O)(=O)N2CCOCC2)cc1. The van der Waals surface area contributed by atoms with Crippen LogP contribution in [0.15, 0.2) is 53.4 Å². The molecule has 8 heteroatoms. The van der Waals surface area contributed by atoms with Crippen LogP contribution in [0.1, 0.15) is 42.5 Å². The van der Waals surface area contributed by atoms with Crippen molar-refractivity contribution >= 4 is 27.3 Å². The number of nitrogens with one attached hydrogen (secondary N) is 2. The molecule has 1 aliphatic heterocycles. The number of anilines is 2. The van der Waals surface area contributed by atoms with Crippen LogP contribution < -0.4 is 10.6 Å². The maximum atomic E-state index is 12.8. The molecule has 1 heterocycles. The van der Waals surface area contributed by atoms with Crippen LogP contribution in [-0.4, -0.2) is 51.0 Å². The van der Waals surface area contributed by atoms with E-state index in [0.29, 0.717) is 37.9 Å². The topological polar surface area (TPSA) is 87.7 Å². The number of para-hydroxylation sites is 2. The lowest BCUT2D eigenvalue weighted by atomic mass is 9.95. The quantitative estimate of drug-likeness (QED) is 0.711. The van der Waals surface area contributed by atoms with Crippen molar-refractivity contribution < 1.29 is 17.9 Å². The molecular weight excluding hydrogens is 414 g/mol. The lowest BCUT2D eigenvalue weighted by Crippen LogP contribution is -2.40. The predicted octanol–water partition coefficient (Wildman–Crippen LogP) is 3.70. The van der Waals surface area contributed by atoms with Gasteiger partial charge >= 0.3 is 0 Å². The molecule has 4 rings (SSSR count). The highest BCUT2D eigenvalue weighted by molar-refractivity contribution is 7.89. The Bertz CT molecular complexity index is 996. The van der Waals surface area contributed by atoms with Crippen LogP contribution in [-0.2, 0) is 14.8 Å². The molecule has 0 spiro atoms. The molecule has 0 unspecified atom stereocenters. The summed E-state index contributed by atoms with van der Waals surface area (Å²) in [5, 5.41) is 6.52. The van der Waals surface area contributed by atoms with Gasteiger partial charge in [-0.25, -0.2) is 8.42 Å². The molecule has 1 aliphatic carbocycles. The van der Waals surface area contributed by atoms with E-state index in [4.69, 9.17) is 4.74 Å². The van der Waals surface area contributed by atoms with Crippen LogP contribution in [0.3, 0.4) is 0 Å². The van der Waals surface area contributed by atoms with Gasteiger partial charge in [0.25, 0.3) is 5.91 Å². The van der Waals surface area contributed by atoms with Gasteiger partial charge in [-0.3, -0.25) is 4.79 Å². The molecule has 0 atom stereocenters. The molecule has 1 saturated carbocycles. The Morgan fingerprint density at radius 1 is 0.903 bits per heavy atom. The standard InChI is InChI=1S/C23H29N3O4S/c27-23(25-22-9-5-4-8-21(22)24-19-6-2-1-3-7-19)18-10-12-20(13-11-18)31(28,29)26-14-16-30-17-15-26/h4-5,8-13,19,24H,1-3,6-7,14-17H2,(H,25,27). The average molecular weight is 444 g/mol. The molecular formula is C23H29N3O4S. The third-order valence-corrected chi connectivity index (χ3v) is 7.78. The summed E-state index contributed by atoms with van der Waals surface area (Å²) in [7, 11) is -3.57. The minimum atomic E-state index is -3.57. The number of morpholine rings is 1. The summed E-state index contributed by atoms with van der Waals surface area (Å²) in [5.74, 6) is -0.270. The highest BCUT2D eigenvalue weighted by Crippen LogP contribution is 2.27. The number of amides is 1. The molecule has 2 N–H and O–H groups in total. The number of hydrogen-bond donors (Lipinski definition) is 2. The fourth-order valence-corrected chi connectivity index (χ4v) is 5.50. The first kappa shape index (κ1) is 21.8. The Labute approximate surface area is 183 Å². The fourth-order valence-electron chi connectivity index (χ4n) is 4.09. The van der Waals surface area contributed by atoms with Gasteiger partial charge in [0, 0.05) is 24.7 Å². The van der Waals surface area contributed by atoms with Crippen LogP contribution in [0.2, 0.25) is 0 Å². The van der Waals surface area contributed by atoms with E-state index in [-0.39, 0.29) is 10.8 Å². The predicted molar refractivity (Wildman–Crippen MR) is 121 cm³/mol. The molecule has 2 fully saturated rings. The van der Waals surface area contributed by atoms with Gasteiger partial charge in [-0.15, -0.1) is 0 Å². The highest BCUT2D eigenvalue weighted by Gasteiger charge is 2.26. The molecule has 166 valence electrons. The molecule has 2 aromatic carbocycles. The van der Waals surface area contributed by atoms with Crippen molar-refractivity contribution in [3.05, 3.63) is 54.1 Å². The Morgan fingerprint density at radius 3 is 2.23 bits per heavy atom. The monoisotopic (exact) mass is 443 g/mol. The largest absolute Gasteiger partial charge is 0.381 e. The van der Waals surface area contributed by atoms with Crippen molar-refractivity contribution in [1.82, 2.24) is 4.31 Å². The van der Waals surface area contributed by atoms with E-state index in [2.05, 4.69) is 10.6 Å². The number of hydrogen-bond acceptors (Lipinski definition) is 5. The molecule has 2 aromatic rings. The number of ether oxygens (including phenoxy) is 1. The van der Waals surface area contributed by atoms with Crippen molar-refractivity contribution in [2.24, 2.45) is 0 Å². The highest BCUT2D eigenvalue weighted by atomic mass is 32.2. The van der Waals surface area contributed by atoms with E-state index in [1.165, 1.54) is 35.7 Å². The first-order chi connectivity index (χ1) is 15.0. The third kappa shape index (κ3) is 5.26. The van der Waals surface area contributed by atoms with Crippen molar-refractivity contribution in [3.8, 4) is 0 Å². The normalized spacial score (nSPS) is 18.5. The van der Waals surface area contributed by atoms with E-state index < -0.39 is 10.0 Å². The van der Waals surface area contributed by atoms with E-state index in [9.17, 15) is 13.2 Å². The zero-order valence-corrected chi connectivity index (χ0v) is 18.4. The van der Waals surface area contributed by atoms with Crippen LogP contribution in [0, 0.1) is 0 Å². The van der Waals surface area contributed by atoms with E-state index >= 15 is 0 Å². The van der Waals surface area contributed by atoms with Gasteiger partial charge in [-0.1, -0.05) is 31.4 Å². The van der Waals surface area contributed by atoms with Crippen LogP contribution in [0.25, 0.3) is 0 Å². The van der Waals surface area contributed by atoms with Crippen molar-refractivity contribution in [2.75, 3.05) is 36.9 Å². The second kappa shape index (κ2) is 9.80. The Morgan fingerprint density at radius 2 is 1.55 bits per heavy atom. The second-order valence-electron chi connectivity index (χ2n) is 8.02. The fraction of sp³-hybridized carbons (Fsp3) is 0.435. The summed E-state index contributed by atoms with van der Waals surface area (Å²) in [6.07, 6.45) is 6.02. The third-order valence-electron chi connectivity index (χ3n) is 5.86. The zero-order valence-electron chi connectivity index (χ0n) is 17.5. The van der Waals surface area contributed by atoms with Gasteiger partial charge in [0.15, 0.2) is 0 Å². The molecule has 1 amide bonds. The molecule has 0 aromatic heterocycles. The van der Waals surface area contributed by atoms with E-state index in [1.807, 2.05) is 24.3 Å². The Kier molecular flexibility index (Phi) is 6.89. The summed E-state index contributed by atoms with van der Waals surface area (Å²) in [6.45, 7) is 1.48. The number of sulfonamides is 1. The Balaban J connectivity index is 1.44. The van der Waals surface area contributed by atoms with Crippen LogP contribution >= 0.6 is 0 Å². The van der Waals surface area contributed by atoms with Gasteiger partial charge < -0.3 is 15.4 Å². The van der Waals surface area contributed by atoms with Crippen molar-refractivity contribution in [3.63, 3.8) is 0 Å². The number of nitrogens with zero attached hydrogens (tertiary/aromatic N) is 1. The Hall–Kier alpha value is -2.42. The lowest BCUT2D eigenvalue weighted by Gasteiger charge is -2.26. The van der Waals surface area contributed by atoms with E-state index in [1.54, 1.807) is 12.1 Å². The maximum absolute atomic E-state index is 12.8. The molecule has 7 nitrogen and oxygen atoms in total. The second-order valence-corrected chi connectivity index (χ2v) is 9.96. The summed E-state index contributed by atoms with van der Waals surface area (Å²) in [6, 6.07) is 14.2. The molecule has 31 heavy (non-hydrogen) atoms. The average Bonchev–Trinajstić information content (AvgIpc) is 2.81. The maximum Gasteiger partial charge on any atom is 0.255 e. The number of carbonyl (C=O) groups is 1. The van der Waals surface area contributed by atoms with E-state index in [0.717, 1.165) is 24.2 Å². The first-order valence-corrected chi connectivity index (χ1v) is 12.3. The zero-order chi connectivity index (χ0) is 21.7. The summed E-state index contributed by atoms with van der Waals surface area (Å²) in [5.41, 5.74) is 2.05. The van der Waals surface area contributed by atoms with Crippen molar-refractivity contribution in [1.29, 1.82) is 0 Å². The van der Waals surface area contributed by atoms with Crippen molar-refractivity contribution in [2.45, 2.75) is 43.0 Å². The molecule has 1 saturated heterocycles. The van der Waals surface area contributed by atoms with Gasteiger partial charge in [-0.2, -0.15) is 4.31 Å². The van der Waals surface area contributed by atoms with Gasteiger partial charge in [0.2, 0.25) is 10.0 Å². The van der Waals surface area contributed by atoms with Gasteiger partial charge in [-0.05, 0) is 49.2 Å². The van der Waals surface area contributed by atoms with Crippen LogP contribution in [0.4, 0.5) is 11.4 Å². The smallest absolute Gasteiger partial charge is 0.255 e. The molecule has 2 aliphatic rings. The lowest BCUT2D eigenvalue weighted by molar-refractivity contribution is 0.0730. The summed E-state index contributed by atoms with van der Waals surface area (Å²) in [4.78, 5) is 13.0. The summed E-state index contributed by atoms with van der Waals surface area (Å²) < 4.78 is 32.2. The minimum absolute atomic E-state index is 0.185. The number of benzene rings is 2. The summed E-state index contributed by atoms with van der Waals surface area (Å²) >= 11 is 0. The van der Waals surface area contributed by atoms with Crippen LogP contribution in [0.5, 0.6) is 0 Å². The minimum Gasteiger partial charge on any atom is -0.381 e. The number of rotatable bonds is 6. The first-order valence-electron chi connectivity index (χ1n) is 10.9. The number of carbonyl (C=O) groups excluding carboxylic acids is 1. The van der Waals surface area contributed by atoms with Gasteiger partial charge in [0.1, 0.15) is 0 Å².